The molecule has 0 saturated carbocycles. The molecule has 0 saturated heterocycles. The van der Waals surface area contributed by atoms with Crippen LogP contribution in [-0.4, -0.2) is 37.4 Å². The highest BCUT2D eigenvalue weighted by Crippen LogP contribution is 1.99. The number of rotatable bonds is 3. The molecule has 1 amide bonds. The van der Waals surface area contributed by atoms with Crippen LogP contribution in [-0.2, 0) is 0 Å². The Labute approximate surface area is 93.9 Å². The summed E-state index contributed by atoms with van der Waals surface area (Å²) < 4.78 is 1.65. The highest BCUT2D eigenvalue weighted by Gasteiger charge is 2.07. The van der Waals surface area contributed by atoms with Gasteiger partial charge in [0.15, 0.2) is 5.65 Å². The number of fused-ring (bicyclic) bond motifs is 1. The molecule has 7 heteroatoms. The number of carbonyl (C=O) groups excluding carboxylic acids is 1. The van der Waals surface area contributed by atoms with Crippen LogP contribution in [0.4, 0.5) is 0 Å². The normalized spacial score (nSPS) is 10.5. The van der Waals surface area contributed by atoms with E-state index in [1.54, 1.807) is 10.6 Å². The lowest BCUT2D eigenvalue weighted by Gasteiger charge is -2.01. The van der Waals surface area contributed by atoms with Gasteiger partial charge in [0.1, 0.15) is 12.0 Å². The fourth-order valence-corrected chi connectivity index (χ4v) is 1.30. The molecular formula is C8H8BrN5O. The fraction of sp³-hybridized carbons (Fsp3) is 0.250. The fourth-order valence-electron chi connectivity index (χ4n) is 1.10. The number of hydrogen-bond acceptors (Lipinski definition) is 4. The summed E-state index contributed by atoms with van der Waals surface area (Å²) in [6.45, 7) is 0.570. The quantitative estimate of drug-likeness (QED) is 0.811. The number of nitrogens with zero attached hydrogens (tertiary/aromatic N) is 4. The predicted octanol–water partition coefficient (Wildman–Crippen LogP) is 0.249. The third-order valence-corrected chi connectivity index (χ3v) is 2.19. The third-order valence-electron chi connectivity index (χ3n) is 1.79. The second-order valence-electron chi connectivity index (χ2n) is 2.81. The molecule has 0 aliphatic rings. The predicted molar refractivity (Wildman–Crippen MR) is 56.9 cm³/mol. The van der Waals surface area contributed by atoms with Gasteiger partial charge in [0.25, 0.3) is 5.91 Å². The zero-order chi connectivity index (χ0) is 10.7. The molecule has 78 valence electrons. The summed E-state index contributed by atoms with van der Waals surface area (Å²) in [7, 11) is 0. The van der Waals surface area contributed by atoms with Gasteiger partial charge in [0, 0.05) is 18.1 Å². The number of hydrogen-bond donors (Lipinski definition) is 1. The number of carbonyl (C=O) groups is 1. The third kappa shape index (κ3) is 2.12. The standard InChI is InChI=1S/C8H8BrN5O/c9-1-2-10-8(15)6-4-14-5-12-13-7(14)3-11-6/h3-5H,1-2H2,(H,10,15). The summed E-state index contributed by atoms with van der Waals surface area (Å²) in [4.78, 5) is 15.5. The number of nitrogens with one attached hydrogen (secondary N) is 1. The van der Waals surface area contributed by atoms with E-state index in [1.807, 2.05) is 0 Å². The van der Waals surface area contributed by atoms with Crippen LogP contribution in [0.5, 0.6) is 0 Å². The average Bonchev–Trinajstić information content (AvgIpc) is 2.72. The largest absolute Gasteiger partial charge is 0.350 e. The van der Waals surface area contributed by atoms with Crippen LogP contribution in [0.1, 0.15) is 10.5 Å². The average molecular weight is 270 g/mol. The summed E-state index contributed by atoms with van der Waals surface area (Å²) in [5.41, 5.74) is 0.968. The van der Waals surface area contributed by atoms with Gasteiger partial charge in [0.2, 0.25) is 0 Å². The lowest BCUT2D eigenvalue weighted by atomic mass is 10.4. The van der Waals surface area contributed by atoms with Crippen molar-refractivity contribution in [2.75, 3.05) is 11.9 Å². The van der Waals surface area contributed by atoms with Crippen molar-refractivity contribution in [1.29, 1.82) is 0 Å². The Bertz CT molecular complexity index is 483. The maximum Gasteiger partial charge on any atom is 0.271 e. The van der Waals surface area contributed by atoms with E-state index in [0.717, 1.165) is 0 Å². The minimum absolute atomic E-state index is 0.204. The summed E-state index contributed by atoms with van der Waals surface area (Å²) in [5, 5.41) is 10.9. The molecule has 2 rings (SSSR count). The van der Waals surface area contributed by atoms with Crippen molar-refractivity contribution in [2.45, 2.75) is 0 Å². The zero-order valence-corrected chi connectivity index (χ0v) is 9.31. The topological polar surface area (TPSA) is 72.2 Å². The van der Waals surface area contributed by atoms with Gasteiger partial charge in [-0.05, 0) is 0 Å². The van der Waals surface area contributed by atoms with E-state index in [0.29, 0.717) is 23.2 Å². The van der Waals surface area contributed by atoms with E-state index in [9.17, 15) is 4.79 Å². The summed E-state index contributed by atoms with van der Waals surface area (Å²) in [6.07, 6.45) is 4.63. The minimum atomic E-state index is -0.204. The summed E-state index contributed by atoms with van der Waals surface area (Å²) >= 11 is 3.22. The molecule has 0 aromatic carbocycles. The van der Waals surface area contributed by atoms with Gasteiger partial charge in [-0.3, -0.25) is 9.20 Å². The maximum atomic E-state index is 11.5. The molecule has 2 aromatic heterocycles. The Morgan fingerprint density at radius 2 is 2.47 bits per heavy atom. The molecule has 0 atom stereocenters. The van der Waals surface area contributed by atoms with Crippen molar-refractivity contribution < 1.29 is 4.79 Å². The summed E-state index contributed by atoms with van der Waals surface area (Å²) in [5.74, 6) is -0.204. The van der Waals surface area contributed by atoms with E-state index in [1.165, 1.54) is 12.5 Å². The smallest absolute Gasteiger partial charge is 0.271 e. The Morgan fingerprint density at radius 1 is 1.60 bits per heavy atom. The monoisotopic (exact) mass is 269 g/mol. The van der Waals surface area contributed by atoms with Gasteiger partial charge in [-0.15, -0.1) is 10.2 Å². The maximum absolute atomic E-state index is 11.5. The molecule has 0 aliphatic carbocycles. The first kappa shape index (κ1) is 10.0. The molecule has 0 unspecified atom stereocenters. The molecule has 2 heterocycles. The lowest BCUT2D eigenvalue weighted by molar-refractivity contribution is 0.0951. The number of aromatic nitrogens is 4. The summed E-state index contributed by atoms with van der Waals surface area (Å²) in [6, 6.07) is 0. The molecule has 1 N–H and O–H groups in total. The van der Waals surface area contributed by atoms with E-state index in [-0.39, 0.29) is 5.91 Å². The van der Waals surface area contributed by atoms with Crippen LogP contribution in [0.15, 0.2) is 18.7 Å². The van der Waals surface area contributed by atoms with Crippen LogP contribution in [0.25, 0.3) is 5.65 Å². The zero-order valence-electron chi connectivity index (χ0n) is 7.72. The Kier molecular flexibility index (Phi) is 2.91. The highest BCUT2D eigenvalue weighted by atomic mass is 79.9. The van der Waals surface area contributed by atoms with Gasteiger partial charge < -0.3 is 5.32 Å². The SMILES string of the molecule is O=C(NCCBr)c1cn2cnnc2cn1. The van der Waals surface area contributed by atoms with Crippen molar-refractivity contribution >= 4 is 27.5 Å². The second-order valence-corrected chi connectivity index (χ2v) is 3.61. The van der Waals surface area contributed by atoms with Crippen molar-refractivity contribution in [2.24, 2.45) is 0 Å². The molecule has 2 aromatic rings. The molecule has 0 bridgehead atoms. The van der Waals surface area contributed by atoms with Gasteiger partial charge in [-0.1, -0.05) is 15.9 Å². The van der Waals surface area contributed by atoms with Crippen LogP contribution in [0, 0.1) is 0 Å². The van der Waals surface area contributed by atoms with E-state index in [4.69, 9.17) is 0 Å². The van der Waals surface area contributed by atoms with Gasteiger partial charge in [-0.2, -0.15) is 0 Å². The number of halogens is 1. The first-order chi connectivity index (χ1) is 7.31. The van der Waals surface area contributed by atoms with Crippen molar-refractivity contribution in [1.82, 2.24) is 24.9 Å². The first-order valence-electron chi connectivity index (χ1n) is 4.31. The molecule has 0 aliphatic heterocycles. The van der Waals surface area contributed by atoms with Gasteiger partial charge >= 0.3 is 0 Å². The Morgan fingerprint density at radius 3 is 3.27 bits per heavy atom. The lowest BCUT2D eigenvalue weighted by Crippen LogP contribution is -2.26. The highest BCUT2D eigenvalue weighted by molar-refractivity contribution is 9.09. The second kappa shape index (κ2) is 4.35. The minimum Gasteiger partial charge on any atom is -0.350 e. The van der Waals surface area contributed by atoms with Gasteiger partial charge in [-0.25, -0.2) is 4.98 Å². The Balaban J connectivity index is 2.23. The van der Waals surface area contributed by atoms with E-state index >= 15 is 0 Å². The molecule has 0 fully saturated rings. The van der Waals surface area contributed by atoms with Gasteiger partial charge in [0.05, 0.1) is 6.20 Å². The van der Waals surface area contributed by atoms with Crippen molar-refractivity contribution in [3.63, 3.8) is 0 Å². The number of alkyl halides is 1. The van der Waals surface area contributed by atoms with Crippen molar-refractivity contribution in [3.05, 3.63) is 24.4 Å². The van der Waals surface area contributed by atoms with E-state index < -0.39 is 0 Å². The molecular weight excluding hydrogens is 262 g/mol. The molecule has 0 spiro atoms. The van der Waals surface area contributed by atoms with Crippen molar-refractivity contribution in [3.8, 4) is 0 Å². The molecule has 0 radical (unpaired) electrons. The van der Waals surface area contributed by atoms with E-state index in [2.05, 4.69) is 36.4 Å². The van der Waals surface area contributed by atoms with Crippen LogP contribution < -0.4 is 5.32 Å². The first-order valence-corrected chi connectivity index (χ1v) is 5.43. The Hall–Kier alpha value is -1.50. The van der Waals surface area contributed by atoms with Crippen LogP contribution in [0.2, 0.25) is 0 Å². The van der Waals surface area contributed by atoms with Crippen LogP contribution >= 0.6 is 15.9 Å². The molecule has 15 heavy (non-hydrogen) atoms. The molecule has 6 nitrogen and oxygen atoms in total. The number of amides is 1. The van der Waals surface area contributed by atoms with Crippen LogP contribution in [0.3, 0.4) is 0 Å².